The van der Waals surface area contributed by atoms with Crippen LogP contribution in [-0.4, -0.2) is 7.05 Å². The molecule has 2 aromatic carbocycles. The van der Waals surface area contributed by atoms with E-state index in [4.69, 9.17) is 0 Å². The van der Waals surface area contributed by atoms with Gasteiger partial charge in [0.25, 0.3) is 0 Å². The normalized spacial score (nSPS) is 12.4. The van der Waals surface area contributed by atoms with Crippen LogP contribution in [-0.2, 0) is 6.42 Å². The summed E-state index contributed by atoms with van der Waals surface area (Å²) in [6, 6.07) is 19.4. The van der Waals surface area contributed by atoms with E-state index in [1.165, 1.54) is 11.1 Å². The molecule has 0 aliphatic carbocycles. The Hall–Kier alpha value is -1.12. The Bertz CT molecular complexity index is 450. The molecule has 88 valence electrons. The first kappa shape index (κ1) is 12.3. The van der Waals surface area contributed by atoms with Crippen molar-refractivity contribution in [1.82, 2.24) is 5.32 Å². The molecule has 2 rings (SSSR count). The van der Waals surface area contributed by atoms with Gasteiger partial charge >= 0.3 is 0 Å². The molecule has 17 heavy (non-hydrogen) atoms. The fraction of sp³-hybridized carbons (Fsp3) is 0.200. The Kier molecular flexibility index (Phi) is 4.35. The Balaban J connectivity index is 2.14. The zero-order chi connectivity index (χ0) is 12.1. The molecular weight excluding hydrogens is 274 g/mol. The minimum absolute atomic E-state index is 0.366. The van der Waals surface area contributed by atoms with Crippen molar-refractivity contribution in [2.75, 3.05) is 7.05 Å². The number of benzene rings is 2. The number of hydrogen-bond donors (Lipinski definition) is 1. The van der Waals surface area contributed by atoms with E-state index in [0.717, 1.165) is 10.9 Å². The number of rotatable bonds is 4. The van der Waals surface area contributed by atoms with E-state index < -0.39 is 0 Å². The van der Waals surface area contributed by atoms with Crippen molar-refractivity contribution in [3.63, 3.8) is 0 Å². The van der Waals surface area contributed by atoms with E-state index in [1.807, 2.05) is 7.05 Å². The summed E-state index contributed by atoms with van der Waals surface area (Å²) < 4.78 is 1.12. The highest BCUT2D eigenvalue weighted by atomic mass is 79.9. The van der Waals surface area contributed by atoms with Crippen molar-refractivity contribution in [1.29, 1.82) is 0 Å². The van der Waals surface area contributed by atoms with Gasteiger partial charge in [-0.3, -0.25) is 0 Å². The van der Waals surface area contributed by atoms with E-state index >= 15 is 0 Å². The van der Waals surface area contributed by atoms with Gasteiger partial charge in [0.05, 0.1) is 0 Å². The van der Waals surface area contributed by atoms with Crippen LogP contribution in [0.15, 0.2) is 59.1 Å². The van der Waals surface area contributed by atoms with Crippen LogP contribution in [0.3, 0.4) is 0 Å². The van der Waals surface area contributed by atoms with Gasteiger partial charge in [-0.25, -0.2) is 0 Å². The molecular formula is C15H16BrN. The Labute approximate surface area is 111 Å². The van der Waals surface area contributed by atoms with Gasteiger partial charge in [0.15, 0.2) is 0 Å². The van der Waals surface area contributed by atoms with Crippen molar-refractivity contribution in [2.45, 2.75) is 12.5 Å². The Morgan fingerprint density at radius 1 is 1.00 bits per heavy atom. The van der Waals surface area contributed by atoms with Crippen molar-refractivity contribution in [2.24, 2.45) is 0 Å². The molecule has 1 unspecified atom stereocenters. The second-order valence-electron chi connectivity index (χ2n) is 4.08. The van der Waals surface area contributed by atoms with Crippen molar-refractivity contribution < 1.29 is 0 Å². The number of hydrogen-bond acceptors (Lipinski definition) is 1. The lowest BCUT2D eigenvalue weighted by atomic mass is 9.99. The molecule has 0 saturated carbocycles. The molecule has 0 heterocycles. The molecule has 0 amide bonds. The molecule has 2 aromatic rings. The third kappa shape index (κ3) is 3.42. The molecule has 0 spiro atoms. The monoisotopic (exact) mass is 289 g/mol. The van der Waals surface area contributed by atoms with Gasteiger partial charge in [-0.1, -0.05) is 58.4 Å². The minimum atomic E-state index is 0.366. The molecule has 0 aliphatic rings. The molecule has 0 saturated heterocycles. The largest absolute Gasteiger partial charge is 0.313 e. The fourth-order valence-corrected chi connectivity index (χ4v) is 2.20. The molecule has 1 atom stereocenters. The first-order chi connectivity index (χ1) is 8.29. The summed E-state index contributed by atoms with van der Waals surface area (Å²) in [5.41, 5.74) is 2.68. The van der Waals surface area contributed by atoms with Gasteiger partial charge in [-0.15, -0.1) is 0 Å². The number of likely N-dealkylation sites (N-methyl/N-ethyl adjacent to an activating group) is 1. The molecule has 1 nitrogen and oxygen atoms in total. The zero-order valence-corrected chi connectivity index (χ0v) is 11.4. The Morgan fingerprint density at radius 3 is 2.24 bits per heavy atom. The number of halogens is 1. The summed E-state index contributed by atoms with van der Waals surface area (Å²) in [6.45, 7) is 0. The summed E-state index contributed by atoms with van der Waals surface area (Å²) in [5.74, 6) is 0. The summed E-state index contributed by atoms with van der Waals surface area (Å²) in [7, 11) is 2.01. The molecule has 0 aliphatic heterocycles. The van der Waals surface area contributed by atoms with Gasteiger partial charge in [0.2, 0.25) is 0 Å². The molecule has 1 N–H and O–H groups in total. The van der Waals surface area contributed by atoms with Crippen LogP contribution in [0.25, 0.3) is 0 Å². The molecule has 0 aromatic heterocycles. The zero-order valence-electron chi connectivity index (χ0n) is 9.86. The van der Waals surface area contributed by atoms with Crippen LogP contribution in [0.2, 0.25) is 0 Å². The lowest BCUT2D eigenvalue weighted by molar-refractivity contribution is 0.592. The van der Waals surface area contributed by atoms with Gasteiger partial charge in [-0.05, 0) is 36.7 Å². The third-order valence-corrected chi connectivity index (χ3v) is 3.43. The summed E-state index contributed by atoms with van der Waals surface area (Å²) in [6.07, 6.45) is 1.01. The summed E-state index contributed by atoms with van der Waals surface area (Å²) in [4.78, 5) is 0. The van der Waals surface area contributed by atoms with Gasteiger partial charge in [0, 0.05) is 10.5 Å². The first-order valence-electron chi connectivity index (χ1n) is 5.76. The van der Waals surface area contributed by atoms with Gasteiger partial charge < -0.3 is 5.32 Å². The highest BCUT2D eigenvalue weighted by Gasteiger charge is 2.09. The van der Waals surface area contributed by atoms with E-state index in [9.17, 15) is 0 Å². The highest BCUT2D eigenvalue weighted by Crippen LogP contribution is 2.20. The fourth-order valence-electron chi connectivity index (χ4n) is 1.93. The summed E-state index contributed by atoms with van der Waals surface area (Å²) >= 11 is 3.46. The van der Waals surface area contributed by atoms with E-state index in [1.54, 1.807) is 0 Å². The van der Waals surface area contributed by atoms with Crippen molar-refractivity contribution in [3.05, 3.63) is 70.2 Å². The van der Waals surface area contributed by atoms with E-state index in [-0.39, 0.29) is 0 Å². The van der Waals surface area contributed by atoms with Crippen LogP contribution in [0, 0.1) is 0 Å². The average molecular weight is 290 g/mol. The summed E-state index contributed by atoms with van der Waals surface area (Å²) in [5, 5.41) is 3.37. The second kappa shape index (κ2) is 5.99. The van der Waals surface area contributed by atoms with Crippen LogP contribution < -0.4 is 5.32 Å². The van der Waals surface area contributed by atoms with Crippen molar-refractivity contribution in [3.8, 4) is 0 Å². The standard InChI is InChI=1S/C15H16BrN/c1-17-15(11-12-5-3-2-4-6-12)13-7-9-14(16)10-8-13/h2-10,15,17H,11H2,1H3. The van der Waals surface area contributed by atoms with Crippen LogP contribution >= 0.6 is 15.9 Å². The van der Waals surface area contributed by atoms with E-state index in [0.29, 0.717) is 6.04 Å². The topological polar surface area (TPSA) is 12.0 Å². The molecule has 0 radical (unpaired) electrons. The first-order valence-corrected chi connectivity index (χ1v) is 6.55. The van der Waals surface area contributed by atoms with Crippen LogP contribution in [0.5, 0.6) is 0 Å². The Morgan fingerprint density at radius 2 is 1.65 bits per heavy atom. The average Bonchev–Trinajstić information content (AvgIpc) is 2.38. The lowest BCUT2D eigenvalue weighted by Crippen LogP contribution is -2.18. The van der Waals surface area contributed by atoms with Crippen LogP contribution in [0.1, 0.15) is 17.2 Å². The maximum absolute atomic E-state index is 3.46. The maximum atomic E-state index is 3.46. The third-order valence-electron chi connectivity index (χ3n) is 2.90. The highest BCUT2D eigenvalue weighted by molar-refractivity contribution is 9.10. The predicted octanol–water partition coefficient (Wildman–Crippen LogP) is 3.95. The molecule has 0 bridgehead atoms. The second-order valence-corrected chi connectivity index (χ2v) is 5.00. The predicted molar refractivity (Wildman–Crippen MR) is 76.1 cm³/mol. The molecule has 0 fully saturated rings. The quantitative estimate of drug-likeness (QED) is 0.899. The SMILES string of the molecule is CNC(Cc1ccccc1)c1ccc(Br)cc1. The van der Waals surface area contributed by atoms with E-state index in [2.05, 4.69) is 75.8 Å². The van der Waals surface area contributed by atoms with Crippen molar-refractivity contribution >= 4 is 15.9 Å². The lowest BCUT2D eigenvalue weighted by Gasteiger charge is -2.16. The van der Waals surface area contributed by atoms with Gasteiger partial charge in [0.1, 0.15) is 0 Å². The molecule has 2 heteroatoms. The number of nitrogens with one attached hydrogen (secondary N) is 1. The van der Waals surface area contributed by atoms with Gasteiger partial charge in [-0.2, -0.15) is 0 Å². The maximum Gasteiger partial charge on any atom is 0.0358 e. The van der Waals surface area contributed by atoms with Crippen LogP contribution in [0.4, 0.5) is 0 Å². The minimum Gasteiger partial charge on any atom is -0.313 e. The smallest absolute Gasteiger partial charge is 0.0358 e.